The third-order valence-corrected chi connectivity index (χ3v) is 3.46. The van der Waals surface area contributed by atoms with Crippen LogP contribution in [-0.4, -0.2) is 0 Å². The Labute approximate surface area is 116 Å². The minimum absolute atomic E-state index is 1.15. The lowest BCUT2D eigenvalue weighted by Crippen LogP contribution is -1.82. The van der Waals surface area contributed by atoms with E-state index in [1.807, 2.05) is 6.08 Å². The lowest BCUT2D eigenvalue weighted by Gasteiger charge is -2.02. The number of rotatable bonds is 14. The van der Waals surface area contributed by atoms with Crippen molar-refractivity contribution in [1.82, 2.24) is 0 Å². The fourth-order valence-electron chi connectivity index (χ4n) is 2.27. The quantitative estimate of drug-likeness (QED) is 0.243. The second-order valence-corrected chi connectivity index (χ2v) is 5.27. The Morgan fingerprint density at radius 1 is 0.667 bits per heavy atom. The Bertz CT molecular complexity index is 178. The van der Waals surface area contributed by atoms with Crippen LogP contribution in [0, 0.1) is 6.58 Å². The maximum Gasteiger partial charge on any atom is -0.00991 e. The van der Waals surface area contributed by atoms with Crippen molar-refractivity contribution in [3.8, 4) is 0 Å². The van der Waals surface area contributed by atoms with E-state index in [1.54, 1.807) is 0 Å². The summed E-state index contributed by atoms with van der Waals surface area (Å²) in [5, 5.41) is 0. The number of allylic oxidation sites excluding steroid dienone is 3. The summed E-state index contributed by atoms with van der Waals surface area (Å²) < 4.78 is 0. The van der Waals surface area contributed by atoms with Crippen molar-refractivity contribution in [1.29, 1.82) is 0 Å². The third kappa shape index (κ3) is 15.5. The van der Waals surface area contributed by atoms with Crippen LogP contribution in [0.4, 0.5) is 0 Å². The topological polar surface area (TPSA) is 0 Å². The van der Waals surface area contributed by atoms with Crippen molar-refractivity contribution < 1.29 is 0 Å². The molecule has 0 aromatic carbocycles. The van der Waals surface area contributed by atoms with Crippen molar-refractivity contribution in [3.05, 3.63) is 24.8 Å². The van der Waals surface area contributed by atoms with E-state index < -0.39 is 0 Å². The van der Waals surface area contributed by atoms with E-state index in [4.69, 9.17) is 6.58 Å². The normalized spacial score (nSPS) is 11.2. The van der Waals surface area contributed by atoms with Gasteiger partial charge in [0.1, 0.15) is 0 Å². The Morgan fingerprint density at radius 3 is 1.56 bits per heavy atom. The van der Waals surface area contributed by atoms with Gasteiger partial charge < -0.3 is 0 Å². The molecule has 0 aliphatic rings. The van der Waals surface area contributed by atoms with Gasteiger partial charge in [0.15, 0.2) is 0 Å². The zero-order valence-corrected chi connectivity index (χ0v) is 12.4. The van der Waals surface area contributed by atoms with Gasteiger partial charge >= 0.3 is 0 Å². The highest BCUT2D eigenvalue weighted by Gasteiger charge is 1.92. The van der Waals surface area contributed by atoms with Crippen molar-refractivity contribution in [3.63, 3.8) is 0 Å². The highest BCUT2D eigenvalue weighted by Crippen LogP contribution is 2.12. The number of hydrogen-bond acceptors (Lipinski definition) is 0. The molecule has 0 fully saturated rings. The molecule has 0 atom stereocenters. The highest BCUT2D eigenvalue weighted by atomic mass is 14.0. The molecule has 0 amide bonds. The van der Waals surface area contributed by atoms with E-state index in [-0.39, 0.29) is 0 Å². The molecule has 0 aliphatic carbocycles. The van der Waals surface area contributed by atoms with E-state index in [0.29, 0.717) is 0 Å². The van der Waals surface area contributed by atoms with Crippen LogP contribution in [0.3, 0.4) is 0 Å². The molecule has 104 valence electrons. The lowest BCUT2D eigenvalue weighted by molar-refractivity contribution is 0.545. The van der Waals surface area contributed by atoms with Gasteiger partial charge in [-0.25, -0.2) is 0 Å². The highest BCUT2D eigenvalue weighted by molar-refractivity contribution is 4.95. The largest absolute Gasteiger partial charge is 0.0845 e. The first-order valence-corrected chi connectivity index (χ1v) is 8.07. The molecule has 2 radical (unpaired) electrons. The van der Waals surface area contributed by atoms with E-state index in [2.05, 4.69) is 13.0 Å². The van der Waals surface area contributed by atoms with Gasteiger partial charge in [0.05, 0.1) is 0 Å². The maximum atomic E-state index is 6.85. The molecule has 0 aromatic heterocycles. The Hall–Kier alpha value is -0.520. The van der Waals surface area contributed by atoms with Crippen LogP contribution in [-0.2, 0) is 0 Å². The average Bonchev–Trinajstić information content (AvgIpc) is 2.39. The van der Waals surface area contributed by atoms with E-state index in [9.17, 15) is 0 Å². The van der Waals surface area contributed by atoms with Crippen LogP contribution in [0.15, 0.2) is 18.2 Å². The minimum atomic E-state index is 1.15. The lowest BCUT2D eigenvalue weighted by atomic mass is 10.0. The summed E-state index contributed by atoms with van der Waals surface area (Å²) in [6.07, 6.45) is 23.4. The van der Waals surface area contributed by atoms with Gasteiger partial charge in [-0.2, -0.15) is 0 Å². The first-order chi connectivity index (χ1) is 8.91. The number of hydrogen-bond donors (Lipinski definition) is 0. The van der Waals surface area contributed by atoms with Crippen LogP contribution in [0.5, 0.6) is 0 Å². The summed E-state index contributed by atoms with van der Waals surface area (Å²) in [4.78, 5) is 0. The van der Waals surface area contributed by atoms with Gasteiger partial charge in [0.25, 0.3) is 0 Å². The van der Waals surface area contributed by atoms with Crippen LogP contribution >= 0.6 is 0 Å². The summed E-state index contributed by atoms with van der Waals surface area (Å²) in [7, 11) is 0. The summed E-state index contributed by atoms with van der Waals surface area (Å²) in [6.45, 7) is 9.13. The molecule has 0 aliphatic heterocycles. The van der Waals surface area contributed by atoms with Crippen LogP contribution in [0.1, 0.15) is 90.4 Å². The Kier molecular flexibility index (Phi) is 16.0. The predicted octanol–water partition coefficient (Wildman–Crippen LogP) is 6.50. The minimum Gasteiger partial charge on any atom is -0.0845 e. The van der Waals surface area contributed by atoms with Gasteiger partial charge in [0.2, 0.25) is 0 Å². The van der Waals surface area contributed by atoms with Gasteiger partial charge in [-0.15, -0.1) is 0 Å². The molecule has 0 unspecified atom stereocenters. The summed E-state index contributed by atoms with van der Waals surface area (Å²) >= 11 is 0. The number of unbranched alkanes of at least 4 members (excludes halogenated alkanes) is 12. The van der Waals surface area contributed by atoms with Crippen molar-refractivity contribution >= 4 is 0 Å². The molecule has 0 N–H and O–H groups in total. The molecule has 0 heteroatoms. The molecule has 0 rings (SSSR count). The van der Waals surface area contributed by atoms with Gasteiger partial charge in [-0.3, -0.25) is 0 Å². The second-order valence-electron chi connectivity index (χ2n) is 5.27. The fraction of sp³-hybridized carbons (Fsp3) is 0.778. The van der Waals surface area contributed by atoms with E-state index in [1.165, 1.54) is 83.1 Å². The Balaban J connectivity index is 2.94. The van der Waals surface area contributed by atoms with Gasteiger partial charge in [-0.1, -0.05) is 95.8 Å². The molecule has 0 bridgehead atoms. The van der Waals surface area contributed by atoms with Crippen molar-refractivity contribution in [2.75, 3.05) is 0 Å². The molecule has 0 heterocycles. The Morgan fingerprint density at radius 2 is 1.11 bits per heavy atom. The van der Waals surface area contributed by atoms with Crippen LogP contribution < -0.4 is 0 Å². The summed E-state index contributed by atoms with van der Waals surface area (Å²) in [6, 6.07) is 0. The van der Waals surface area contributed by atoms with Gasteiger partial charge in [0, 0.05) is 0 Å². The molecule has 18 heavy (non-hydrogen) atoms. The molecular weight excluding hydrogens is 216 g/mol. The molecular formula is C18H32. The van der Waals surface area contributed by atoms with Crippen LogP contribution in [0.2, 0.25) is 0 Å². The fourth-order valence-corrected chi connectivity index (χ4v) is 2.27. The average molecular weight is 248 g/mol. The molecule has 0 nitrogen and oxygen atoms in total. The second kappa shape index (κ2) is 16.5. The standard InChI is InChI=1S/C18H32/c1-3-5-7-9-11-13-15-17-18-16-14-12-10-8-6-4-2/h4,6,8H,3,5,7,9-18H2,1H3. The summed E-state index contributed by atoms with van der Waals surface area (Å²) in [5.41, 5.74) is 0. The van der Waals surface area contributed by atoms with E-state index in [0.717, 1.165) is 6.42 Å². The SMILES string of the molecule is [C]=CC=CCCCCCCCCCCCCCC. The smallest absolute Gasteiger partial charge is 0.00991 e. The molecule has 0 spiro atoms. The maximum absolute atomic E-state index is 6.85. The molecule has 0 aromatic rings. The van der Waals surface area contributed by atoms with Crippen molar-refractivity contribution in [2.45, 2.75) is 90.4 Å². The zero-order valence-electron chi connectivity index (χ0n) is 12.4. The van der Waals surface area contributed by atoms with Gasteiger partial charge in [-0.05, 0) is 19.4 Å². The first kappa shape index (κ1) is 17.5. The summed E-state index contributed by atoms with van der Waals surface area (Å²) in [5.74, 6) is 0. The predicted molar refractivity (Wildman–Crippen MR) is 82.6 cm³/mol. The molecule has 0 saturated carbocycles. The first-order valence-electron chi connectivity index (χ1n) is 8.07. The van der Waals surface area contributed by atoms with E-state index >= 15 is 0 Å². The monoisotopic (exact) mass is 248 g/mol. The van der Waals surface area contributed by atoms with Crippen LogP contribution in [0.25, 0.3) is 0 Å². The van der Waals surface area contributed by atoms with Crippen molar-refractivity contribution in [2.24, 2.45) is 0 Å². The molecule has 0 saturated heterocycles. The third-order valence-electron chi connectivity index (χ3n) is 3.46. The zero-order chi connectivity index (χ0) is 13.3.